The highest BCUT2D eigenvalue weighted by Crippen LogP contribution is 2.31. The van der Waals surface area contributed by atoms with Crippen LogP contribution < -0.4 is 15.5 Å². The molecule has 1 fully saturated rings. The largest absolute Gasteiger partial charge is 0.497 e. The zero-order chi connectivity index (χ0) is 17.5. The molecule has 5 heteroatoms. The van der Waals surface area contributed by atoms with Crippen LogP contribution in [0, 0.1) is 17.8 Å². The first-order valence-corrected chi connectivity index (χ1v) is 8.72. The molecule has 2 atom stereocenters. The Labute approximate surface area is 144 Å². The van der Waals surface area contributed by atoms with E-state index >= 15 is 0 Å². The van der Waals surface area contributed by atoms with E-state index in [1.807, 2.05) is 24.3 Å². The summed E-state index contributed by atoms with van der Waals surface area (Å²) in [4.78, 5) is 12.0. The zero-order valence-corrected chi connectivity index (χ0v) is 15.1. The van der Waals surface area contributed by atoms with Gasteiger partial charge in [0.1, 0.15) is 5.75 Å². The van der Waals surface area contributed by atoms with E-state index < -0.39 is 0 Å². The molecule has 1 aliphatic carbocycles. The van der Waals surface area contributed by atoms with Crippen LogP contribution in [0.3, 0.4) is 0 Å². The van der Waals surface area contributed by atoms with Crippen LogP contribution in [0.15, 0.2) is 29.4 Å². The van der Waals surface area contributed by atoms with Gasteiger partial charge < -0.3 is 10.1 Å². The van der Waals surface area contributed by atoms with Gasteiger partial charge in [-0.2, -0.15) is 5.10 Å². The van der Waals surface area contributed by atoms with Crippen LogP contribution in [0.5, 0.6) is 5.75 Å². The Morgan fingerprint density at radius 2 is 2.00 bits per heavy atom. The predicted molar refractivity (Wildman–Crippen MR) is 98.4 cm³/mol. The topological polar surface area (TPSA) is 62.7 Å². The van der Waals surface area contributed by atoms with E-state index in [1.54, 1.807) is 7.11 Å². The third-order valence-corrected chi connectivity index (χ3v) is 4.63. The van der Waals surface area contributed by atoms with Gasteiger partial charge in [-0.1, -0.05) is 20.8 Å². The van der Waals surface area contributed by atoms with E-state index in [1.165, 1.54) is 6.42 Å². The predicted octanol–water partition coefficient (Wildman–Crippen LogP) is 3.67. The Bertz CT molecular complexity index is 566. The summed E-state index contributed by atoms with van der Waals surface area (Å²) in [6.07, 6.45) is 3.39. The molecule has 24 heavy (non-hydrogen) atoms. The Balaban J connectivity index is 1.86. The average molecular weight is 331 g/mol. The molecule has 5 nitrogen and oxygen atoms in total. The minimum absolute atomic E-state index is 0.126. The summed E-state index contributed by atoms with van der Waals surface area (Å²) >= 11 is 0. The van der Waals surface area contributed by atoms with Gasteiger partial charge in [0.25, 0.3) is 5.91 Å². The van der Waals surface area contributed by atoms with E-state index in [0.29, 0.717) is 17.8 Å². The molecule has 132 valence electrons. The smallest absolute Gasteiger partial charge is 0.259 e. The van der Waals surface area contributed by atoms with E-state index in [0.717, 1.165) is 30.0 Å². The molecule has 0 unspecified atom stereocenters. The number of rotatable bonds is 6. The minimum atomic E-state index is -0.126. The van der Waals surface area contributed by atoms with Gasteiger partial charge in [-0.25, -0.2) is 5.43 Å². The average Bonchev–Trinajstić information content (AvgIpc) is 2.58. The van der Waals surface area contributed by atoms with Crippen LogP contribution in [-0.4, -0.2) is 25.3 Å². The molecule has 0 spiro atoms. The fraction of sp³-hybridized carbons (Fsp3) is 0.579. The lowest BCUT2D eigenvalue weighted by molar-refractivity contribution is -0.119. The fourth-order valence-electron chi connectivity index (χ4n) is 3.15. The molecule has 0 radical (unpaired) electrons. The first-order chi connectivity index (χ1) is 11.5. The van der Waals surface area contributed by atoms with E-state index in [2.05, 4.69) is 36.6 Å². The van der Waals surface area contributed by atoms with Gasteiger partial charge >= 0.3 is 0 Å². The molecular formula is C19H29N3O2. The second kappa shape index (κ2) is 8.71. The number of carbonyl (C=O) groups excluding carboxylic acids is 1. The molecule has 2 N–H and O–H groups in total. The number of carbonyl (C=O) groups is 1. The highest BCUT2D eigenvalue weighted by molar-refractivity contribution is 5.89. The summed E-state index contributed by atoms with van der Waals surface area (Å²) < 4.78 is 5.11. The van der Waals surface area contributed by atoms with E-state index in [-0.39, 0.29) is 12.5 Å². The van der Waals surface area contributed by atoms with Crippen LogP contribution in [0.1, 0.15) is 40.0 Å². The number of ether oxygens (including phenoxy) is 1. The number of benzene rings is 1. The van der Waals surface area contributed by atoms with Gasteiger partial charge in [0.15, 0.2) is 0 Å². The molecule has 0 aliphatic heterocycles. The maximum atomic E-state index is 12.0. The molecule has 0 aromatic heterocycles. The lowest BCUT2D eigenvalue weighted by Crippen LogP contribution is -2.32. The maximum Gasteiger partial charge on any atom is 0.259 e. The molecule has 0 heterocycles. The van der Waals surface area contributed by atoms with Crippen molar-refractivity contribution in [1.82, 2.24) is 5.43 Å². The summed E-state index contributed by atoms with van der Waals surface area (Å²) in [5.74, 6) is 2.36. The number of hydrogen-bond donors (Lipinski definition) is 2. The Hall–Kier alpha value is -2.04. The number of hydrazone groups is 1. The van der Waals surface area contributed by atoms with Crippen molar-refractivity contribution >= 4 is 17.3 Å². The third-order valence-electron chi connectivity index (χ3n) is 4.63. The molecule has 1 aromatic carbocycles. The van der Waals surface area contributed by atoms with Gasteiger partial charge in [-0.15, -0.1) is 0 Å². The van der Waals surface area contributed by atoms with Crippen LogP contribution in [0.2, 0.25) is 0 Å². The van der Waals surface area contributed by atoms with Crippen LogP contribution in [0.25, 0.3) is 0 Å². The lowest BCUT2D eigenvalue weighted by Gasteiger charge is -2.30. The van der Waals surface area contributed by atoms with Gasteiger partial charge in [0, 0.05) is 17.3 Å². The highest BCUT2D eigenvalue weighted by Gasteiger charge is 2.27. The number of anilines is 1. The third kappa shape index (κ3) is 5.25. The number of amides is 1. The van der Waals surface area contributed by atoms with Gasteiger partial charge in [-0.3, -0.25) is 4.79 Å². The molecule has 1 amide bonds. The molecule has 0 bridgehead atoms. The number of nitrogens with one attached hydrogen (secondary N) is 2. The van der Waals surface area contributed by atoms with Crippen molar-refractivity contribution in [2.45, 2.75) is 40.0 Å². The fourth-order valence-corrected chi connectivity index (χ4v) is 3.15. The molecule has 1 aromatic rings. The first-order valence-electron chi connectivity index (χ1n) is 8.72. The van der Waals surface area contributed by atoms with Crippen LogP contribution in [0.4, 0.5) is 5.69 Å². The normalized spacial score (nSPS) is 22.5. The molecule has 0 saturated heterocycles. The first kappa shape index (κ1) is 18.3. The van der Waals surface area contributed by atoms with Crippen molar-refractivity contribution < 1.29 is 9.53 Å². The summed E-state index contributed by atoms with van der Waals surface area (Å²) in [6.45, 7) is 6.90. The SMILES string of the molecule is COc1ccc(NCC(=O)N/N=C2/C[C@@H](C)CC[C@@H]2C(C)C)cc1. The van der Waals surface area contributed by atoms with Crippen molar-refractivity contribution in [3.63, 3.8) is 0 Å². The summed E-state index contributed by atoms with van der Waals surface area (Å²) in [5, 5.41) is 7.52. The van der Waals surface area contributed by atoms with Gasteiger partial charge in [0.2, 0.25) is 0 Å². The molecular weight excluding hydrogens is 302 g/mol. The Kier molecular flexibility index (Phi) is 6.64. The Morgan fingerprint density at radius 1 is 1.29 bits per heavy atom. The lowest BCUT2D eigenvalue weighted by atomic mass is 9.76. The van der Waals surface area contributed by atoms with E-state index in [9.17, 15) is 4.79 Å². The number of hydrogen-bond acceptors (Lipinski definition) is 4. The summed E-state index contributed by atoms with van der Waals surface area (Å²) in [6, 6.07) is 7.49. The van der Waals surface area contributed by atoms with Crippen molar-refractivity contribution in [2.75, 3.05) is 19.0 Å². The molecule has 1 aliphatic rings. The summed E-state index contributed by atoms with van der Waals surface area (Å²) in [5.41, 5.74) is 4.73. The standard InChI is InChI=1S/C19H29N3O2/c1-13(2)17-10-5-14(3)11-18(17)21-22-19(23)12-20-15-6-8-16(24-4)9-7-15/h6-9,13-14,17,20H,5,10-12H2,1-4H3,(H,22,23)/b21-18-/t14-,17+/m0/s1. The van der Waals surface area contributed by atoms with Crippen LogP contribution >= 0.6 is 0 Å². The minimum Gasteiger partial charge on any atom is -0.497 e. The van der Waals surface area contributed by atoms with Gasteiger partial charge in [-0.05, 0) is 55.4 Å². The molecule has 2 rings (SSSR count). The van der Waals surface area contributed by atoms with Crippen molar-refractivity contribution in [2.24, 2.45) is 22.9 Å². The van der Waals surface area contributed by atoms with Crippen molar-refractivity contribution in [1.29, 1.82) is 0 Å². The number of nitrogens with zero attached hydrogens (tertiary/aromatic N) is 1. The quantitative estimate of drug-likeness (QED) is 0.782. The monoisotopic (exact) mass is 331 g/mol. The highest BCUT2D eigenvalue weighted by atomic mass is 16.5. The van der Waals surface area contributed by atoms with E-state index in [4.69, 9.17) is 4.74 Å². The molecule has 1 saturated carbocycles. The summed E-state index contributed by atoms with van der Waals surface area (Å²) in [7, 11) is 1.63. The maximum absolute atomic E-state index is 12.0. The van der Waals surface area contributed by atoms with Crippen molar-refractivity contribution in [3.05, 3.63) is 24.3 Å². The van der Waals surface area contributed by atoms with Crippen molar-refractivity contribution in [3.8, 4) is 5.75 Å². The van der Waals surface area contributed by atoms with Gasteiger partial charge in [0.05, 0.1) is 13.7 Å². The number of methoxy groups -OCH3 is 1. The second-order valence-corrected chi connectivity index (χ2v) is 6.96. The van der Waals surface area contributed by atoms with Crippen LogP contribution in [-0.2, 0) is 4.79 Å². The zero-order valence-electron chi connectivity index (χ0n) is 15.1. The Morgan fingerprint density at radius 3 is 2.62 bits per heavy atom. The second-order valence-electron chi connectivity index (χ2n) is 6.96.